The monoisotopic (exact) mass is 803 g/mol. The third-order valence-corrected chi connectivity index (χ3v) is 10.5. The number of nitrogens with zero attached hydrogens (tertiary/aromatic N) is 4. The first kappa shape index (κ1) is 41.7. The van der Waals surface area contributed by atoms with Crippen LogP contribution in [0.1, 0.15) is 52.5 Å². The van der Waals surface area contributed by atoms with Crippen LogP contribution in [0.2, 0.25) is 0 Å². The topological polar surface area (TPSA) is 176 Å². The van der Waals surface area contributed by atoms with Gasteiger partial charge in [-0.2, -0.15) is 15.5 Å². The molecule has 0 radical (unpaired) electrons. The van der Waals surface area contributed by atoms with E-state index in [2.05, 4.69) is 10.3 Å². The molecule has 1 aliphatic heterocycles. The number of ether oxygens (including phenoxy) is 4. The molecule has 0 spiro atoms. The molecule has 4 aromatic carbocycles. The van der Waals surface area contributed by atoms with Gasteiger partial charge in [-0.15, -0.1) is 0 Å². The minimum absolute atomic E-state index is 0.0402. The number of nitrogens with one attached hydrogen (secondary N) is 1. The number of hydrogen-bond donors (Lipinski definition) is 1. The normalized spacial score (nSPS) is 16.3. The Hall–Kier alpha value is -5.96. The van der Waals surface area contributed by atoms with Gasteiger partial charge in [0, 0.05) is 18.2 Å². The minimum atomic E-state index is -2.05. The first-order valence-electron chi connectivity index (χ1n) is 18.4. The summed E-state index contributed by atoms with van der Waals surface area (Å²) < 4.78 is 44.2. The third kappa shape index (κ3) is 10.1. The van der Waals surface area contributed by atoms with Crippen LogP contribution in [0.15, 0.2) is 126 Å². The molecule has 1 aromatic heterocycles. The van der Waals surface area contributed by atoms with E-state index in [9.17, 15) is 9.59 Å². The number of hydrogen-bond acceptors (Lipinski definition) is 12. The van der Waals surface area contributed by atoms with Gasteiger partial charge in [0.05, 0.1) is 65.1 Å². The standard InChI is InChI=1S/C43H42N5O9P/c1-51-35-19-15-33(16-20-35)43(32-13-7-4-8-14-32,34-17-21-36(52-2)22-18-34)53-30-38-37(57-58(54-27-9-24-44)55-28-10-25-45)29-40(56-38)48-26-23-39(47-42(48)50)46-41(49)31-11-5-3-6-12-31/h3-8,11-23,26,37-38,40H,9-10,27-30H2,1-2H3,(H,46,47,49,50)/t37-,38+,40+/m0/s1. The van der Waals surface area contributed by atoms with Crippen LogP contribution in [0.3, 0.4) is 0 Å². The number of carbonyl (C=O) groups excluding carboxylic acids is 1. The minimum Gasteiger partial charge on any atom is -0.497 e. The van der Waals surface area contributed by atoms with E-state index >= 15 is 0 Å². The first-order chi connectivity index (χ1) is 28.4. The lowest BCUT2D eigenvalue weighted by Gasteiger charge is -2.37. The summed E-state index contributed by atoms with van der Waals surface area (Å²) in [6.45, 7) is 0.0259. The second kappa shape index (κ2) is 20.5. The molecule has 3 atom stereocenters. The molecule has 0 unspecified atom stereocenters. The summed E-state index contributed by atoms with van der Waals surface area (Å²) in [4.78, 5) is 30.4. The zero-order valence-electron chi connectivity index (χ0n) is 31.9. The number of amides is 1. The fourth-order valence-corrected chi connectivity index (χ4v) is 7.55. The van der Waals surface area contributed by atoms with Gasteiger partial charge in [-0.3, -0.25) is 9.36 Å². The Kier molecular flexibility index (Phi) is 14.7. The molecule has 0 aliphatic carbocycles. The lowest BCUT2D eigenvalue weighted by atomic mass is 9.80. The molecule has 2 heterocycles. The highest BCUT2D eigenvalue weighted by atomic mass is 31.2. The van der Waals surface area contributed by atoms with E-state index in [0.717, 1.165) is 16.7 Å². The Balaban J connectivity index is 1.35. The van der Waals surface area contributed by atoms with Crippen LogP contribution in [0.25, 0.3) is 0 Å². The van der Waals surface area contributed by atoms with Crippen LogP contribution < -0.4 is 20.5 Å². The zero-order chi connectivity index (χ0) is 40.7. The van der Waals surface area contributed by atoms with Gasteiger partial charge in [0.25, 0.3) is 5.91 Å². The summed E-state index contributed by atoms with van der Waals surface area (Å²) >= 11 is 0. The lowest BCUT2D eigenvalue weighted by Crippen LogP contribution is -2.38. The van der Waals surface area contributed by atoms with Gasteiger partial charge in [-0.1, -0.05) is 72.8 Å². The van der Waals surface area contributed by atoms with Crippen LogP contribution in [0, 0.1) is 22.7 Å². The van der Waals surface area contributed by atoms with Gasteiger partial charge in [-0.25, -0.2) is 4.79 Å². The van der Waals surface area contributed by atoms with Crippen molar-refractivity contribution in [2.45, 2.75) is 43.3 Å². The quantitative estimate of drug-likeness (QED) is 0.0502. The Morgan fingerprint density at radius 2 is 1.38 bits per heavy atom. The van der Waals surface area contributed by atoms with Crippen molar-refractivity contribution in [1.29, 1.82) is 10.5 Å². The molecular formula is C43H42N5O9P. The molecule has 298 valence electrons. The number of carbonyl (C=O) groups is 1. The highest BCUT2D eigenvalue weighted by Gasteiger charge is 2.44. The second-order valence-corrected chi connectivity index (χ2v) is 14.0. The first-order valence-corrected chi connectivity index (χ1v) is 19.5. The van der Waals surface area contributed by atoms with E-state index in [1.165, 1.54) is 16.8 Å². The van der Waals surface area contributed by atoms with Crippen molar-refractivity contribution >= 4 is 20.3 Å². The van der Waals surface area contributed by atoms with Crippen LogP contribution in [0.4, 0.5) is 5.82 Å². The largest absolute Gasteiger partial charge is 0.497 e. The molecule has 0 saturated carbocycles. The van der Waals surface area contributed by atoms with Crippen molar-refractivity contribution in [1.82, 2.24) is 9.55 Å². The van der Waals surface area contributed by atoms with E-state index in [-0.39, 0.29) is 44.9 Å². The Labute approximate surface area is 337 Å². The molecule has 1 fully saturated rings. The van der Waals surface area contributed by atoms with Crippen molar-refractivity contribution < 1.29 is 37.3 Å². The van der Waals surface area contributed by atoms with Gasteiger partial charge >= 0.3 is 14.3 Å². The molecule has 0 bridgehead atoms. The molecule has 1 amide bonds. The molecule has 1 N–H and O–H groups in total. The van der Waals surface area contributed by atoms with Crippen molar-refractivity contribution in [2.75, 3.05) is 39.4 Å². The molecule has 5 aromatic rings. The van der Waals surface area contributed by atoms with Crippen LogP contribution in [-0.4, -0.2) is 61.7 Å². The predicted molar refractivity (Wildman–Crippen MR) is 214 cm³/mol. The molecule has 58 heavy (non-hydrogen) atoms. The van der Waals surface area contributed by atoms with Crippen LogP contribution >= 0.6 is 8.60 Å². The molecule has 6 rings (SSSR count). The Bertz CT molecular complexity index is 2160. The smallest absolute Gasteiger partial charge is 0.351 e. The van der Waals surface area contributed by atoms with E-state index in [4.69, 9.17) is 43.0 Å². The second-order valence-electron chi connectivity index (χ2n) is 12.9. The van der Waals surface area contributed by atoms with Crippen molar-refractivity contribution in [2.24, 2.45) is 0 Å². The lowest BCUT2D eigenvalue weighted by molar-refractivity contribution is -0.0930. The number of methoxy groups -OCH3 is 2. The van der Waals surface area contributed by atoms with Crippen LogP contribution in [-0.2, 0) is 28.6 Å². The summed E-state index contributed by atoms with van der Waals surface area (Å²) in [5.74, 6) is 1.00. The SMILES string of the molecule is COc1ccc(C(OC[C@H]2O[C@@H](n3ccc(NC(=O)c4ccccc4)nc3=O)C[C@@H]2OP(OCCC#N)OCCC#N)(c2ccccc2)c2ccc(OC)cc2)cc1. The van der Waals surface area contributed by atoms with Gasteiger partial charge in [-0.05, 0) is 59.2 Å². The van der Waals surface area contributed by atoms with E-state index < -0.39 is 44.2 Å². The van der Waals surface area contributed by atoms with Crippen molar-refractivity contribution in [3.05, 3.63) is 154 Å². The number of rotatable bonds is 19. The van der Waals surface area contributed by atoms with E-state index in [1.54, 1.807) is 44.6 Å². The van der Waals surface area contributed by atoms with E-state index in [1.807, 2.05) is 91.0 Å². The predicted octanol–water partition coefficient (Wildman–Crippen LogP) is 7.28. The molecule has 14 nitrogen and oxygen atoms in total. The van der Waals surface area contributed by atoms with Crippen LogP contribution in [0.5, 0.6) is 11.5 Å². The van der Waals surface area contributed by atoms with E-state index in [0.29, 0.717) is 17.1 Å². The summed E-state index contributed by atoms with van der Waals surface area (Å²) in [7, 11) is 1.15. The zero-order valence-corrected chi connectivity index (χ0v) is 32.8. The average molecular weight is 804 g/mol. The number of nitriles is 2. The maximum absolute atomic E-state index is 13.5. The third-order valence-electron chi connectivity index (χ3n) is 9.28. The highest BCUT2D eigenvalue weighted by Crippen LogP contribution is 2.47. The Morgan fingerprint density at radius 3 is 1.91 bits per heavy atom. The van der Waals surface area contributed by atoms with Gasteiger partial charge < -0.3 is 37.8 Å². The van der Waals surface area contributed by atoms with Gasteiger partial charge in [0.15, 0.2) is 0 Å². The fourth-order valence-electron chi connectivity index (χ4n) is 6.43. The number of anilines is 1. The number of benzene rings is 4. The number of aromatic nitrogens is 2. The highest BCUT2D eigenvalue weighted by molar-refractivity contribution is 7.41. The average Bonchev–Trinajstić information content (AvgIpc) is 3.66. The molecule has 1 saturated heterocycles. The summed E-state index contributed by atoms with van der Waals surface area (Å²) in [5.41, 5.74) is 0.980. The summed E-state index contributed by atoms with van der Waals surface area (Å²) in [6.07, 6.45) is -0.602. The van der Waals surface area contributed by atoms with Gasteiger partial charge in [0.1, 0.15) is 35.2 Å². The maximum atomic E-state index is 13.5. The Morgan fingerprint density at radius 1 is 0.828 bits per heavy atom. The summed E-state index contributed by atoms with van der Waals surface area (Å²) in [5, 5.41) is 21.0. The fraction of sp³-hybridized carbons (Fsp3) is 0.279. The molecular weight excluding hydrogens is 761 g/mol. The molecule has 1 aliphatic rings. The van der Waals surface area contributed by atoms with Crippen molar-refractivity contribution in [3.63, 3.8) is 0 Å². The molecule has 15 heteroatoms. The summed E-state index contributed by atoms with van der Waals surface area (Å²) in [6, 6.07) is 39.2. The maximum Gasteiger partial charge on any atom is 0.351 e. The van der Waals surface area contributed by atoms with Gasteiger partial charge in [0.2, 0.25) is 0 Å². The van der Waals surface area contributed by atoms with Crippen molar-refractivity contribution in [3.8, 4) is 23.6 Å².